The summed E-state index contributed by atoms with van der Waals surface area (Å²) in [5.74, 6) is 0. The van der Waals surface area contributed by atoms with Crippen LogP contribution in [0.15, 0.2) is 43.1 Å². The fraction of sp³-hybridized carbons (Fsp3) is 0.167. The summed E-state index contributed by atoms with van der Waals surface area (Å²) in [5, 5.41) is 3.49. The van der Waals surface area contributed by atoms with E-state index >= 15 is 0 Å². The van der Waals surface area contributed by atoms with Crippen molar-refractivity contribution in [3.63, 3.8) is 0 Å². The largest absolute Gasteiger partial charge is 0.377 e. The summed E-state index contributed by atoms with van der Waals surface area (Å²) in [5.41, 5.74) is 1.09. The highest BCUT2D eigenvalue weighted by atomic mass is 79.9. The molecule has 0 saturated heterocycles. The van der Waals surface area contributed by atoms with Crippen molar-refractivity contribution in [1.82, 2.24) is 0 Å². The highest BCUT2D eigenvalue weighted by Crippen LogP contribution is 2.32. The number of halogens is 3. The monoisotopic (exact) mass is 437 g/mol. The van der Waals surface area contributed by atoms with Crippen LogP contribution in [0.4, 0.5) is 5.69 Å². The van der Waals surface area contributed by atoms with Crippen molar-refractivity contribution < 1.29 is 0 Å². The van der Waals surface area contributed by atoms with E-state index in [1.807, 2.05) is 12.1 Å². The van der Waals surface area contributed by atoms with Gasteiger partial charge in [-0.2, -0.15) is 0 Å². The van der Waals surface area contributed by atoms with Crippen LogP contribution in [0.2, 0.25) is 0 Å². The van der Waals surface area contributed by atoms with Crippen molar-refractivity contribution in [2.45, 2.75) is 13.0 Å². The van der Waals surface area contributed by atoms with E-state index in [4.69, 9.17) is 0 Å². The molecule has 0 spiro atoms. The van der Waals surface area contributed by atoms with Gasteiger partial charge in [0.25, 0.3) is 0 Å². The Morgan fingerprint density at radius 1 is 1.12 bits per heavy atom. The van der Waals surface area contributed by atoms with Gasteiger partial charge in [-0.1, -0.05) is 15.9 Å². The van der Waals surface area contributed by atoms with Gasteiger partial charge in [0.2, 0.25) is 0 Å². The Bertz CT molecular complexity index is 524. The summed E-state index contributed by atoms with van der Waals surface area (Å²) in [6, 6.07) is 10.6. The van der Waals surface area contributed by atoms with Gasteiger partial charge in [-0.05, 0) is 69.1 Å². The number of hydrogen-bond acceptors (Lipinski definition) is 2. The summed E-state index contributed by atoms with van der Waals surface area (Å²) in [4.78, 5) is 1.31. The molecule has 1 atom stereocenters. The van der Waals surface area contributed by atoms with E-state index in [1.165, 1.54) is 4.88 Å². The first-order valence-electron chi connectivity index (χ1n) is 5.03. The van der Waals surface area contributed by atoms with E-state index in [0.717, 1.165) is 18.4 Å². The van der Waals surface area contributed by atoms with E-state index in [2.05, 4.69) is 78.2 Å². The lowest BCUT2D eigenvalue weighted by molar-refractivity contribution is 0.906. The maximum atomic E-state index is 3.55. The van der Waals surface area contributed by atoms with Crippen LogP contribution < -0.4 is 5.32 Å². The molecule has 0 saturated carbocycles. The first-order valence-corrected chi connectivity index (χ1v) is 8.22. The SMILES string of the molecule is CC(Nc1cc(Br)ccc1Br)c1ccc(Br)s1. The molecule has 5 heteroatoms. The highest BCUT2D eigenvalue weighted by Gasteiger charge is 2.09. The predicted molar refractivity (Wildman–Crippen MR) is 85.9 cm³/mol. The van der Waals surface area contributed by atoms with Crippen molar-refractivity contribution in [1.29, 1.82) is 0 Å². The van der Waals surface area contributed by atoms with Gasteiger partial charge in [0, 0.05) is 13.8 Å². The van der Waals surface area contributed by atoms with Gasteiger partial charge >= 0.3 is 0 Å². The summed E-state index contributed by atoms with van der Waals surface area (Å²) < 4.78 is 3.31. The Balaban J connectivity index is 2.18. The zero-order chi connectivity index (χ0) is 12.4. The van der Waals surface area contributed by atoms with Crippen LogP contribution in [-0.2, 0) is 0 Å². The number of benzene rings is 1. The van der Waals surface area contributed by atoms with Crippen LogP contribution >= 0.6 is 59.1 Å². The maximum Gasteiger partial charge on any atom is 0.0702 e. The van der Waals surface area contributed by atoms with Gasteiger partial charge < -0.3 is 5.32 Å². The molecule has 0 bridgehead atoms. The summed E-state index contributed by atoms with van der Waals surface area (Å²) in [7, 11) is 0. The predicted octanol–water partition coefficient (Wildman–Crippen LogP) is 6.21. The van der Waals surface area contributed by atoms with Gasteiger partial charge in [-0.3, -0.25) is 0 Å². The summed E-state index contributed by atoms with van der Waals surface area (Å²) in [6.07, 6.45) is 0. The molecule has 90 valence electrons. The van der Waals surface area contributed by atoms with Crippen molar-refractivity contribution >= 4 is 64.8 Å². The average molecular weight is 440 g/mol. The molecule has 2 rings (SSSR count). The van der Waals surface area contributed by atoms with Crippen molar-refractivity contribution in [3.05, 3.63) is 47.9 Å². The Kier molecular flexibility index (Phi) is 4.69. The zero-order valence-electron chi connectivity index (χ0n) is 9.01. The van der Waals surface area contributed by atoms with Crippen LogP contribution in [0.3, 0.4) is 0 Å². The molecular formula is C12H10Br3NS. The molecule has 0 aliphatic heterocycles. The number of anilines is 1. The molecule has 1 aromatic heterocycles. The standard InChI is InChI=1S/C12H10Br3NS/c1-7(11-4-5-12(15)17-11)16-10-6-8(13)2-3-9(10)14/h2-7,16H,1H3. The van der Waals surface area contributed by atoms with Crippen molar-refractivity contribution in [2.75, 3.05) is 5.32 Å². The first-order chi connectivity index (χ1) is 8.06. The fourth-order valence-corrected chi connectivity index (χ4v) is 3.62. The van der Waals surface area contributed by atoms with E-state index < -0.39 is 0 Å². The average Bonchev–Trinajstić information content (AvgIpc) is 2.70. The highest BCUT2D eigenvalue weighted by molar-refractivity contribution is 9.11. The molecule has 0 amide bonds. The first kappa shape index (κ1) is 13.6. The third kappa shape index (κ3) is 3.56. The van der Waals surface area contributed by atoms with Gasteiger partial charge in [0.15, 0.2) is 0 Å². The van der Waals surface area contributed by atoms with E-state index in [-0.39, 0.29) is 6.04 Å². The molecule has 0 aliphatic rings. The van der Waals surface area contributed by atoms with Crippen LogP contribution in [0, 0.1) is 0 Å². The van der Waals surface area contributed by atoms with Gasteiger partial charge in [-0.15, -0.1) is 11.3 Å². The molecule has 1 N–H and O–H groups in total. The molecule has 1 heterocycles. The Labute approximate surface area is 130 Å². The molecule has 1 aromatic carbocycles. The van der Waals surface area contributed by atoms with E-state index in [1.54, 1.807) is 11.3 Å². The molecule has 17 heavy (non-hydrogen) atoms. The van der Waals surface area contributed by atoms with Gasteiger partial charge in [0.05, 0.1) is 15.5 Å². The van der Waals surface area contributed by atoms with Crippen molar-refractivity contribution in [2.24, 2.45) is 0 Å². The Morgan fingerprint density at radius 3 is 2.53 bits per heavy atom. The molecule has 1 unspecified atom stereocenters. The normalized spacial score (nSPS) is 12.5. The van der Waals surface area contributed by atoms with Gasteiger partial charge in [-0.25, -0.2) is 0 Å². The molecule has 2 aromatic rings. The quantitative estimate of drug-likeness (QED) is 0.599. The second-order valence-corrected chi connectivity index (χ2v) is 7.90. The minimum atomic E-state index is 0.289. The summed E-state index contributed by atoms with van der Waals surface area (Å²) in [6.45, 7) is 2.16. The van der Waals surface area contributed by atoms with Crippen LogP contribution in [0.25, 0.3) is 0 Å². The molecular weight excluding hydrogens is 430 g/mol. The lowest BCUT2D eigenvalue weighted by atomic mass is 10.2. The second kappa shape index (κ2) is 5.87. The lowest BCUT2D eigenvalue weighted by Crippen LogP contribution is -2.05. The smallest absolute Gasteiger partial charge is 0.0702 e. The number of nitrogens with one attached hydrogen (secondary N) is 1. The minimum absolute atomic E-state index is 0.289. The van der Waals surface area contributed by atoms with Crippen molar-refractivity contribution in [3.8, 4) is 0 Å². The molecule has 0 aliphatic carbocycles. The lowest BCUT2D eigenvalue weighted by Gasteiger charge is -2.15. The third-order valence-electron chi connectivity index (χ3n) is 2.32. The van der Waals surface area contributed by atoms with Crippen LogP contribution in [0.1, 0.15) is 17.8 Å². The Morgan fingerprint density at radius 2 is 1.88 bits per heavy atom. The number of rotatable bonds is 3. The molecule has 0 fully saturated rings. The van der Waals surface area contributed by atoms with Gasteiger partial charge in [0.1, 0.15) is 0 Å². The van der Waals surface area contributed by atoms with E-state index in [9.17, 15) is 0 Å². The zero-order valence-corrected chi connectivity index (χ0v) is 14.6. The van der Waals surface area contributed by atoms with E-state index in [0.29, 0.717) is 0 Å². The minimum Gasteiger partial charge on any atom is -0.377 e. The Hall–Kier alpha value is 0.160. The summed E-state index contributed by atoms with van der Waals surface area (Å²) >= 11 is 12.3. The topological polar surface area (TPSA) is 12.0 Å². The fourth-order valence-electron chi connectivity index (χ4n) is 1.47. The third-order valence-corrected chi connectivity index (χ3v) is 5.31. The maximum absolute atomic E-state index is 3.55. The van der Waals surface area contributed by atoms with Crippen LogP contribution in [0.5, 0.6) is 0 Å². The number of hydrogen-bond donors (Lipinski definition) is 1. The molecule has 1 nitrogen and oxygen atoms in total. The van der Waals surface area contributed by atoms with Crippen LogP contribution in [-0.4, -0.2) is 0 Å². The molecule has 0 radical (unpaired) electrons. The second-order valence-electron chi connectivity index (χ2n) is 3.63. The number of thiophene rings is 1.